The van der Waals surface area contributed by atoms with E-state index in [0.717, 1.165) is 49.7 Å². The van der Waals surface area contributed by atoms with Crippen molar-refractivity contribution >= 4 is 17.3 Å². The highest BCUT2D eigenvalue weighted by atomic mass is 19.1. The molecular weight excluding hydrogens is 421 g/mol. The number of carbonyl (C=O) groups excluding carboxylic acids is 1. The molecule has 1 fully saturated rings. The quantitative estimate of drug-likeness (QED) is 0.580. The highest BCUT2D eigenvalue weighted by molar-refractivity contribution is 6.04. The Labute approximate surface area is 192 Å². The van der Waals surface area contributed by atoms with Crippen LogP contribution >= 0.6 is 0 Å². The molecule has 2 heterocycles. The molecule has 0 atom stereocenters. The minimum atomic E-state index is -0.526. The molecule has 2 N–H and O–H groups in total. The number of halogens is 1. The van der Waals surface area contributed by atoms with Crippen molar-refractivity contribution < 1.29 is 18.7 Å². The van der Waals surface area contributed by atoms with Gasteiger partial charge >= 0.3 is 0 Å². The van der Waals surface area contributed by atoms with E-state index in [1.54, 1.807) is 12.1 Å². The number of rotatable bonds is 6. The number of benzene rings is 3. The van der Waals surface area contributed by atoms with E-state index in [2.05, 4.69) is 21.6 Å². The summed E-state index contributed by atoms with van der Waals surface area (Å²) in [6, 6.07) is 20.2. The molecule has 1 saturated heterocycles. The summed E-state index contributed by atoms with van der Waals surface area (Å²) in [7, 11) is 0. The Morgan fingerprint density at radius 3 is 2.52 bits per heavy atom. The van der Waals surface area contributed by atoms with E-state index in [0.29, 0.717) is 18.5 Å². The highest BCUT2D eigenvalue weighted by Crippen LogP contribution is 2.32. The predicted molar refractivity (Wildman–Crippen MR) is 125 cm³/mol. The second-order valence-corrected chi connectivity index (χ2v) is 8.31. The van der Waals surface area contributed by atoms with Crippen LogP contribution < -0.4 is 25.0 Å². The van der Waals surface area contributed by atoms with Crippen LogP contribution in [0.25, 0.3) is 0 Å². The van der Waals surface area contributed by atoms with Gasteiger partial charge in [0.05, 0.1) is 5.56 Å². The lowest BCUT2D eigenvalue weighted by Crippen LogP contribution is -2.42. The van der Waals surface area contributed by atoms with Crippen molar-refractivity contribution in [1.29, 1.82) is 0 Å². The minimum Gasteiger partial charge on any atom is -0.454 e. The first-order valence-corrected chi connectivity index (χ1v) is 11.2. The van der Waals surface area contributed by atoms with Gasteiger partial charge in [0, 0.05) is 37.1 Å². The third-order valence-corrected chi connectivity index (χ3v) is 6.14. The molecule has 0 bridgehead atoms. The van der Waals surface area contributed by atoms with Crippen molar-refractivity contribution in [3.05, 3.63) is 83.7 Å². The van der Waals surface area contributed by atoms with Crippen LogP contribution in [0.3, 0.4) is 0 Å². The molecule has 0 saturated carbocycles. The number of nitrogens with zero attached hydrogens (tertiary/aromatic N) is 1. The van der Waals surface area contributed by atoms with E-state index in [1.165, 1.54) is 17.7 Å². The van der Waals surface area contributed by atoms with E-state index < -0.39 is 11.7 Å². The smallest absolute Gasteiger partial charge is 0.258 e. The van der Waals surface area contributed by atoms with Crippen LogP contribution in [-0.2, 0) is 6.54 Å². The molecule has 7 heteroatoms. The minimum absolute atomic E-state index is 0.0388. The van der Waals surface area contributed by atoms with Crippen molar-refractivity contribution in [1.82, 2.24) is 5.32 Å². The molecule has 6 nitrogen and oxygen atoms in total. The molecule has 3 aromatic carbocycles. The Morgan fingerprint density at radius 1 is 0.970 bits per heavy atom. The summed E-state index contributed by atoms with van der Waals surface area (Å²) in [5, 5.41) is 6.41. The molecule has 33 heavy (non-hydrogen) atoms. The van der Waals surface area contributed by atoms with E-state index in [4.69, 9.17) is 9.47 Å². The number of nitrogens with one attached hydrogen (secondary N) is 2. The standard InChI is InChI=1S/C26H26FN3O3/c27-23-4-2-1-3-22(23)26(31)29-20-6-8-21(9-7-20)30-13-11-19(12-14-30)28-16-18-5-10-24-25(15-18)33-17-32-24/h1-10,15,19,28H,11-14,16-17H2,(H,29,31). The zero-order chi connectivity index (χ0) is 22.6. The number of anilines is 2. The van der Waals surface area contributed by atoms with Crippen LogP contribution in [-0.4, -0.2) is 31.8 Å². The van der Waals surface area contributed by atoms with Gasteiger partial charge in [0.1, 0.15) is 5.82 Å². The van der Waals surface area contributed by atoms with Gasteiger partial charge in [-0.05, 0) is 66.9 Å². The van der Waals surface area contributed by atoms with Gasteiger partial charge in [-0.25, -0.2) is 4.39 Å². The molecule has 0 aromatic heterocycles. The van der Waals surface area contributed by atoms with Gasteiger partial charge in [-0.2, -0.15) is 0 Å². The Hall–Kier alpha value is -3.58. The van der Waals surface area contributed by atoms with Gasteiger partial charge < -0.3 is 25.0 Å². The summed E-state index contributed by atoms with van der Waals surface area (Å²) in [6.07, 6.45) is 2.10. The van der Waals surface area contributed by atoms with Crippen molar-refractivity contribution in [2.75, 3.05) is 30.1 Å². The summed E-state index contributed by atoms with van der Waals surface area (Å²) >= 11 is 0. The maximum absolute atomic E-state index is 13.8. The SMILES string of the molecule is O=C(Nc1ccc(N2CCC(NCc3ccc4c(c3)OCO4)CC2)cc1)c1ccccc1F. The fourth-order valence-electron chi connectivity index (χ4n) is 4.25. The van der Waals surface area contributed by atoms with Crippen LogP contribution in [0, 0.1) is 5.82 Å². The zero-order valence-electron chi connectivity index (χ0n) is 18.2. The average Bonchev–Trinajstić information content (AvgIpc) is 3.32. The fraction of sp³-hybridized carbons (Fsp3) is 0.269. The second-order valence-electron chi connectivity index (χ2n) is 8.31. The summed E-state index contributed by atoms with van der Waals surface area (Å²) in [4.78, 5) is 14.6. The van der Waals surface area contributed by atoms with Gasteiger partial charge in [-0.3, -0.25) is 4.79 Å². The summed E-state index contributed by atoms with van der Waals surface area (Å²) < 4.78 is 24.6. The molecule has 0 radical (unpaired) electrons. The Balaban J connectivity index is 1.10. The van der Waals surface area contributed by atoms with Crippen molar-refractivity contribution in [3.63, 3.8) is 0 Å². The Bertz CT molecular complexity index is 1130. The molecule has 0 unspecified atom stereocenters. The maximum atomic E-state index is 13.8. The number of hydrogen-bond donors (Lipinski definition) is 2. The van der Waals surface area contributed by atoms with Gasteiger partial charge in [-0.1, -0.05) is 18.2 Å². The molecule has 0 aliphatic carbocycles. The van der Waals surface area contributed by atoms with Crippen molar-refractivity contribution in [3.8, 4) is 11.5 Å². The lowest BCUT2D eigenvalue weighted by Gasteiger charge is -2.34. The molecule has 2 aliphatic rings. The normalized spacial score (nSPS) is 15.5. The largest absolute Gasteiger partial charge is 0.454 e. The molecular formula is C26H26FN3O3. The molecule has 0 spiro atoms. The van der Waals surface area contributed by atoms with E-state index in [-0.39, 0.29) is 5.56 Å². The third kappa shape index (κ3) is 4.93. The van der Waals surface area contributed by atoms with Gasteiger partial charge in [-0.15, -0.1) is 0 Å². The van der Waals surface area contributed by atoms with Gasteiger partial charge in [0.25, 0.3) is 5.91 Å². The van der Waals surface area contributed by atoms with E-state index in [1.807, 2.05) is 36.4 Å². The number of amides is 1. The Morgan fingerprint density at radius 2 is 1.73 bits per heavy atom. The van der Waals surface area contributed by atoms with E-state index >= 15 is 0 Å². The fourth-order valence-corrected chi connectivity index (χ4v) is 4.25. The lowest BCUT2D eigenvalue weighted by atomic mass is 10.0. The zero-order valence-corrected chi connectivity index (χ0v) is 18.2. The highest BCUT2D eigenvalue weighted by Gasteiger charge is 2.20. The van der Waals surface area contributed by atoms with Gasteiger partial charge in [0.15, 0.2) is 11.5 Å². The van der Waals surface area contributed by atoms with Crippen LogP contribution in [0.4, 0.5) is 15.8 Å². The number of fused-ring (bicyclic) bond motifs is 1. The van der Waals surface area contributed by atoms with Crippen molar-refractivity contribution in [2.45, 2.75) is 25.4 Å². The summed E-state index contributed by atoms with van der Waals surface area (Å²) in [5.74, 6) is 0.652. The first-order valence-electron chi connectivity index (χ1n) is 11.2. The first-order chi connectivity index (χ1) is 16.2. The van der Waals surface area contributed by atoms with E-state index in [9.17, 15) is 9.18 Å². The summed E-state index contributed by atoms with van der Waals surface area (Å²) in [6.45, 7) is 3.01. The number of carbonyl (C=O) groups is 1. The maximum Gasteiger partial charge on any atom is 0.258 e. The van der Waals surface area contributed by atoms with Crippen LogP contribution in [0.15, 0.2) is 66.7 Å². The van der Waals surface area contributed by atoms with Gasteiger partial charge in [0.2, 0.25) is 6.79 Å². The molecule has 2 aliphatic heterocycles. The second kappa shape index (κ2) is 9.50. The topological polar surface area (TPSA) is 62.8 Å². The third-order valence-electron chi connectivity index (χ3n) is 6.14. The molecule has 5 rings (SSSR count). The molecule has 3 aromatic rings. The average molecular weight is 448 g/mol. The van der Waals surface area contributed by atoms with Crippen LogP contribution in [0.1, 0.15) is 28.8 Å². The molecule has 170 valence electrons. The van der Waals surface area contributed by atoms with Crippen LogP contribution in [0.2, 0.25) is 0 Å². The Kier molecular flexibility index (Phi) is 6.13. The van der Waals surface area contributed by atoms with Crippen LogP contribution in [0.5, 0.6) is 11.5 Å². The predicted octanol–water partition coefficient (Wildman–Crippen LogP) is 4.57. The monoisotopic (exact) mass is 447 g/mol. The molecule has 1 amide bonds. The number of piperidine rings is 1. The van der Waals surface area contributed by atoms with Crippen molar-refractivity contribution in [2.24, 2.45) is 0 Å². The number of hydrogen-bond acceptors (Lipinski definition) is 5. The summed E-state index contributed by atoms with van der Waals surface area (Å²) in [5.41, 5.74) is 2.99. The first kappa shape index (κ1) is 21.3. The lowest BCUT2D eigenvalue weighted by molar-refractivity contribution is 0.102. The number of ether oxygens (including phenoxy) is 2.